The fraction of sp³-hybridized carbons (Fsp3) is 0.600. The van der Waals surface area contributed by atoms with Gasteiger partial charge in [0.1, 0.15) is 4.90 Å². The topological polar surface area (TPSA) is 105 Å². The number of nitriles is 1. The van der Waals surface area contributed by atoms with Crippen molar-refractivity contribution in [3.63, 3.8) is 0 Å². The number of hydrogen-bond donors (Lipinski definition) is 1. The molecule has 0 amide bonds. The minimum Gasteiger partial charge on any atom is -0.381 e. The van der Waals surface area contributed by atoms with Gasteiger partial charge in [-0.05, 0) is 6.42 Å². The van der Waals surface area contributed by atoms with E-state index in [-0.39, 0.29) is 23.7 Å². The number of rotatable bonds is 6. The Balaban J connectivity index is 3.01. The van der Waals surface area contributed by atoms with Gasteiger partial charge in [-0.1, -0.05) is 6.92 Å². The minimum absolute atomic E-state index is 0.00334. The number of nitrogens with two attached hydrogens (primary N) is 1. The van der Waals surface area contributed by atoms with Crippen LogP contribution in [0.3, 0.4) is 0 Å². The third-order valence-corrected chi connectivity index (χ3v) is 4.31. The Morgan fingerprint density at radius 1 is 1.61 bits per heavy atom. The Morgan fingerprint density at radius 3 is 2.83 bits per heavy atom. The van der Waals surface area contributed by atoms with E-state index in [9.17, 15) is 8.42 Å². The summed E-state index contributed by atoms with van der Waals surface area (Å²) in [4.78, 5) is -0.00334. The molecule has 0 radical (unpaired) electrons. The van der Waals surface area contributed by atoms with Crippen LogP contribution in [-0.4, -0.2) is 36.1 Å². The lowest BCUT2D eigenvalue weighted by molar-refractivity contribution is 0.476. The second-order valence-electron chi connectivity index (χ2n) is 3.88. The van der Waals surface area contributed by atoms with Crippen molar-refractivity contribution in [1.82, 2.24) is 14.1 Å². The van der Waals surface area contributed by atoms with Gasteiger partial charge in [-0.25, -0.2) is 8.42 Å². The standard InChI is InChI=1S/C10H17N5O2S/c1-3-6-15-8-9(10(12)13-15)18(16,17)14(2)7-4-5-11/h8H,3-4,6-7H2,1-2H3,(H2,12,13). The van der Waals surface area contributed by atoms with Crippen LogP contribution in [0.15, 0.2) is 11.1 Å². The van der Waals surface area contributed by atoms with Crippen molar-refractivity contribution in [3.8, 4) is 6.07 Å². The number of anilines is 1. The molecule has 0 atom stereocenters. The van der Waals surface area contributed by atoms with Crippen molar-refractivity contribution in [2.24, 2.45) is 0 Å². The van der Waals surface area contributed by atoms with Crippen LogP contribution in [0.25, 0.3) is 0 Å². The highest BCUT2D eigenvalue weighted by molar-refractivity contribution is 7.89. The lowest BCUT2D eigenvalue weighted by atomic mass is 10.5. The van der Waals surface area contributed by atoms with E-state index >= 15 is 0 Å². The molecule has 1 rings (SSSR count). The average Bonchev–Trinajstić information content (AvgIpc) is 2.68. The molecule has 2 N–H and O–H groups in total. The largest absolute Gasteiger partial charge is 0.381 e. The zero-order valence-corrected chi connectivity index (χ0v) is 11.3. The van der Waals surface area contributed by atoms with E-state index in [0.717, 1.165) is 10.7 Å². The third kappa shape index (κ3) is 3.00. The smallest absolute Gasteiger partial charge is 0.248 e. The highest BCUT2D eigenvalue weighted by Gasteiger charge is 2.25. The Hall–Kier alpha value is -1.59. The Kier molecular flexibility index (Phi) is 4.69. The number of aromatic nitrogens is 2. The monoisotopic (exact) mass is 271 g/mol. The summed E-state index contributed by atoms with van der Waals surface area (Å²) in [5.41, 5.74) is 5.62. The van der Waals surface area contributed by atoms with Crippen LogP contribution in [0, 0.1) is 11.3 Å². The van der Waals surface area contributed by atoms with Gasteiger partial charge in [0.2, 0.25) is 10.0 Å². The van der Waals surface area contributed by atoms with E-state index < -0.39 is 10.0 Å². The number of nitrogen functional groups attached to an aromatic ring is 1. The molecule has 0 aliphatic carbocycles. The summed E-state index contributed by atoms with van der Waals surface area (Å²) in [7, 11) is -2.25. The van der Waals surface area contributed by atoms with Crippen LogP contribution in [0.5, 0.6) is 0 Å². The molecule has 8 heteroatoms. The highest BCUT2D eigenvalue weighted by Crippen LogP contribution is 2.20. The van der Waals surface area contributed by atoms with Crippen LogP contribution in [0.2, 0.25) is 0 Å². The predicted octanol–water partition coefficient (Wildman–Crippen LogP) is 0.409. The zero-order valence-electron chi connectivity index (χ0n) is 10.5. The molecular formula is C10H17N5O2S. The first kappa shape index (κ1) is 14.5. The van der Waals surface area contributed by atoms with Crippen LogP contribution in [0.1, 0.15) is 19.8 Å². The van der Waals surface area contributed by atoms with Gasteiger partial charge in [0.25, 0.3) is 0 Å². The van der Waals surface area contributed by atoms with E-state index in [4.69, 9.17) is 11.0 Å². The van der Waals surface area contributed by atoms with Gasteiger partial charge in [-0.2, -0.15) is 14.7 Å². The van der Waals surface area contributed by atoms with Gasteiger partial charge in [0, 0.05) is 32.8 Å². The number of sulfonamides is 1. The molecule has 7 nitrogen and oxygen atoms in total. The summed E-state index contributed by atoms with van der Waals surface area (Å²) in [5.74, 6) is -0.00717. The van der Waals surface area contributed by atoms with Crippen LogP contribution in [-0.2, 0) is 16.6 Å². The fourth-order valence-corrected chi connectivity index (χ4v) is 2.68. The molecule has 1 aromatic heterocycles. The quantitative estimate of drug-likeness (QED) is 0.806. The minimum atomic E-state index is -3.67. The highest BCUT2D eigenvalue weighted by atomic mass is 32.2. The van der Waals surface area contributed by atoms with Crippen molar-refractivity contribution < 1.29 is 8.42 Å². The van der Waals surface area contributed by atoms with E-state index in [2.05, 4.69) is 5.10 Å². The summed E-state index contributed by atoms with van der Waals surface area (Å²) in [5, 5.41) is 12.4. The second-order valence-corrected chi connectivity index (χ2v) is 5.89. The van der Waals surface area contributed by atoms with Gasteiger partial charge in [-0.3, -0.25) is 4.68 Å². The lowest BCUT2D eigenvalue weighted by Crippen LogP contribution is -2.28. The normalized spacial score (nSPS) is 11.7. The summed E-state index contributed by atoms with van der Waals surface area (Å²) in [6.07, 6.45) is 2.40. The molecule has 1 heterocycles. The molecule has 100 valence electrons. The molecule has 0 bridgehead atoms. The Labute approximate surface area is 107 Å². The Morgan fingerprint density at radius 2 is 2.28 bits per heavy atom. The molecule has 1 aromatic rings. The van der Waals surface area contributed by atoms with Gasteiger partial charge in [0.05, 0.1) is 6.07 Å². The van der Waals surface area contributed by atoms with E-state index in [1.165, 1.54) is 17.9 Å². The molecule has 0 unspecified atom stereocenters. The van der Waals surface area contributed by atoms with Crippen molar-refractivity contribution in [1.29, 1.82) is 5.26 Å². The van der Waals surface area contributed by atoms with Crippen LogP contribution >= 0.6 is 0 Å². The average molecular weight is 271 g/mol. The van der Waals surface area contributed by atoms with Crippen molar-refractivity contribution >= 4 is 15.8 Å². The summed E-state index contributed by atoms with van der Waals surface area (Å²) in [6.45, 7) is 2.71. The first-order valence-corrected chi connectivity index (χ1v) is 7.03. The number of hydrogen-bond acceptors (Lipinski definition) is 5. The van der Waals surface area contributed by atoms with Gasteiger partial charge in [-0.15, -0.1) is 0 Å². The number of nitrogens with zero attached hydrogens (tertiary/aromatic N) is 4. The maximum Gasteiger partial charge on any atom is 0.248 e. The first-order valence-electron chi connectivity index (χ1n) is 5.59. The molecule has 18 heavy (non-hydrogen) atoms. The zero-order chi connectivity index (χ0) is 13.8. The Bertz CT molecular complexity index is 543. The number of aryl methyl sites for hydroxylation is 1. The molecule has 0 saturated carbocycles. The van der Waals surface area contributed by atoms with Crippen molar-refractivity contribution in [2.75, 3.05) is 19.3 Å². The van der Waals surface area contributed by atoms with Crippen molar-refractivity contribution in [2.45, 2.75) is 31.2 Å². The van der Waals surface area contributed by atoms with Gasteiger partial charge >= 0.3 is 0 Å². The van der Waals surface area contributed by atoms with Crippen LogP contribution in [0.4, 0.5) is 5.82 Å². The molecule has 0 aromatic carbocycles. The second kappa shape index (κ2) is 5.84. The van der Waals surface area contributed by atoms with Gasteiger partial charge in [0.15, 0.2) is 5.82 Å². The fourth-order valence-electron chi connectivity index (χ4n) is 1.46. The van der Waals surface area contributed by atoms with E-state index in [0.29, 0.717) is 6.54 Å². The molecular weight excluding hydrogens is 254 g/mol. The first-order chi connectivity index (χ1) is 8.43. The third-order valence-electron chi connectivity index (χ3n) is 2.43. The molecule has 0 spiro atoms. The molecule has 0 fully saturated rings. The predicted molar refractivity (Wildman–Crippen MR) is 67.0 cm³/mol. The lowest BCUT2D eigenvalue weighted by Gasteiger charge is -2.14. The SMILES string of the molecule is CCCn1cc(S(=O)(=O)N(C)CCC#N)c(N)n1. The van der Waals surface area contributed by atoms with E-state index in [1.807, 2.05) is 13.0 Å². The summed E-state index contributed by atoms with van der Waals surface area (Å²) >= 11 is 0. The summed E-state index contributed by atoms with van der Waals surface area (Å²) in [6, 6.07) is 1.90. The van der Waals surface area contributed by atoms with Gasteiger partial charge < -0.3 is 5.73 Å². The summed E-state index contributed by atoms with van der Waals surface area (Å²) < 4.78 is 26.9. The molecule has 0 saturated heterocycles. The maximum absolute atomic E-state index is 12.2. The van der Waals surface area contributed by atoms with Crippen LogP contribution < -0.4 is 5.73 Å². The maximum atomic E-state index is 12.2. The van der Waals surface area contributed by atoms with Crippen molar-refractivity contribution in [3.05, 3.63) is 6.20 Å². The molecule has 0 aliphatic heterocycles. The molecule has 0 aliphatic rings. The van der Waals surface area contributed by atoms with E-state index in [1.54, 1.807) is 0 Å².